The molecule has 2 fully saturated rings. The van der Waals surface area contributed by atoms with E-state index in [9.17, 15) is 13.2 Å². The van der Waals surface area contributed by atoms with Gasteiger partial charge in [-0.05, 0) is 56.3 Å². The monoisotopic (exact) mass is 529 g/mol. The van der Waals surface area contributed by atoms with Gasteiger partial charge in [-0.1, -0.05) is 37.3 Å². The summed E-state index contributed by atoms with van der Waals surface area (Å²) in [5.41, 5.74) is 1.64. The number of piperidine rings is 1. The minimum Gasteiger partial charge on any atom is -0.384 e. The summed E-state index contributed by atoms with van der Waals surface area (Å²) in [6.07, 6.45) is 3.19. The van der Waals surface area contributed by atoms with E-state index in [1.54, 1.807) is 20.1 Å². The molecule has 0 spiro atoms. The van der Waals surface area contributed by atoms with Gasteiger partial charge in [0, 0.05) is 43.1 Å². The van der Waals surface area contributed by atoms with E-state index < -0.39 is 10.0 Å². The molecular formula is C27H39N5O4S. The molecule has 9 nitrogen and oxygen atoms in total. The van der Waals surface area contributed by atoms with Crippen molar-refractivity contribution in [2.45, 2.75) is 45.1 Å². The minimum atomic E-state index is -3.55. The molecule has 4 N–H and O–H groups in total. The lowest BCUT2D eigenvalue weighted by Crippen LogP contribution is -2.47. The predicted octanol–water partition coefficient (Wildman–Crippen LogP) is 3.19. The average Bonchev–Trinajstić information content (AvgIpc) is 3.55. The highest BCUT2D eigenvalue weighted by molar-refractivity contribution is 7.92. The summed E-state index contributed by atoms with van der Waals surface area (Å²) >= 11 is 0. The van der Waals surface area contributed by atoms with Crippen molar-refractivity contribution in [3.05, 3.63) is 53.6 Å². The fourth-order valence-corrected chi connectivity index (χ4v) is 5.78. The summed E-state index contributed by atoms with van der Waals surface area (Å²) < 4.78 is 32.3. The molecule has 10 heteroatoms. The van der Waals surface area contributed by atoms with Crippen LogP contribution in [-0.4, -0.2) is 64.5 Å². The number of amides is 1. The molecular weight excluding hydrogens is 490 g/mol. The van der Waals surface area contributed by atoms with E-state index in [1.807, 2.05) is 18.2 Å². The van der Waals surface area contributed by atoms with Gasteiger partial charge in [-0.15, -0.1) is 0 Å². The van der Waals surface area contributed by atoms with Crippen molar-refractivity contribution in [2.24, 2.45) is 11.3 Å². The number of methoxy groups -OCH3 is 1. The van der Waals surface area contributed by atoms with Crippen LogP contribution in [0.4, 0.5) is 11.6 Å². The largest absolute Gasteiger partial charge is 0.384 e. The Kier molecular flexibility index (Phi) is 8.71. The standard InChI is InChI=1S/C27H39N5O4S/c1-4-37(34,35)32-25-14-21(13-24(31-25)30-17-27(18-36-3)15-19(27)2)26(33)29-16-23-22(11-8-12-28-23)20-9-6-5-7-10-20/h5-7,9-10,13-14,19,22-23,28H,4,8,11-12,15-18H2,1-3H3,(H,29,33)(H2,30,31,32)/t19-,22?,23?,27-/m0/s1. The third-order valence-corrected chi connectivity index (χ3v) is 8.95. The predicted molar refractivity (Wildman–Crippen MR) is 146 cm³/mol. The molecule has 37 heavy (non-hydrogen) atoms. The van der Waals surface area contributed by atoms with Crippen LogP contribution in [0.3, 0.4) is 0 Å². The zero-order valence-corrected chi connectivity index (χ0v) is 22.7. The Morgan fingerprint density at radius 3 is 2.62 bits per heavy atom. The maximum atomic E-state index is 13.2. The third-order valence-electron chi connectivity index (χ3n) is 7.67. The molecule has 2 unspecified atom stereocenters. The van der Waals surface area contributed by atoms with Crippen LogP contribution in [0.15, 0.2) is 42.5 Å². The molecule has 2 aromatic rings. The van der Waals surface area contributed by atoms with Crippen molar-refractivity contribution in [1.29, 1.82) is 0 Å². The van der Waals surface area contributed by atoms with Crippen molar-refractivity contribution in [1.82, 2.24) is 15.6 Å². The first kappa shape index (κ1) is 27.3. The molecule has 2 aliphatic rings. The molecule has 2 heterocycles. The van der Waals surface area contributed by atoms with Gasteiger partial charge in [0.25, 0.3) is 5.91 Å². The molecule has 0 bridgehead atoms. The maximum Gasteiger partial charge on any atom is 0.251 e. The number of anilines is 2. The first-order chi connectivity index (χ1) is 17.7. The van der Waals surface area contributed by atoms with Crippen LogP contribution < -0.4 is 20.7 Å². The van der Waals surface area contributed by atoms with Gasteiger partial charge < -0.3 is 20.7 Å². The Labute approximate surface area is 220 Å². The summed E-state index contributed by atoms with van der Waals surface area (Å²) in [5.74, 6) is 1.05. The minimum absolute atomic E-state index is 0.0247. The van der Waals surface area contributed by atoms with Crippen LogP contribution in [0.2, 0.25) is 0 Å². The number of aromatic nitrogens is 1. The molecule has 1 amide bonds. The number of pyridine rings is 1. The fourth-order valence-electron chi connectivity index (χ4n) is 5.21. The van der Waals surface area contributed by atoms with E-state index in [2.05, 4.69) is 44.7 Å². The van der Waals surface area contributed by atoms with Gasteiger partial charge in [0.2, 0.25) is 10.0 Å². The van der Waals surface area contributed by atoms with Gasteiger partial charge in [0.15, 0.2) is 0 Å². The van der Waals surface area contributed by atoms with E-state index in [1.165, 1.54) is 11.6 Å². The summed E-state index contributed by atoms with van der Waals surface area (Å²) in [4.78, 5) is 17.7. The lowest BCUT2D eigenvalue weighted by Gasteiger charge is -2.33. The number of sulfonamides is 1. The highest BCUT2D eigenvalue weighted by atomic mass is 32.2. The first-order valence-corrected chi connectivity index (χ1v) is 14.7. The topological polar surface area (TPSA) is 121 Å². The van der Waals surface area contributed by atoms with E-state index in [0.717, 1.165) is 25.8 Å². The number of rotatable bonds is 12. The van der Waals surface area contributed by atoms with Gasteiger partial charge in [0.05, 0.1) is 12.4 Å². The molecule has 4 rings (SSSR count). The number of carbonyl (C=O) groups excluding carboxylic acids is 1. The Morgan fingerprint density at radius 1 is 1.22 bits per heavy atom. The average molecular weight is 530 g/mol. The molecule has 202 valence electrons. The first-order valence-electron chi connectivity index (χ1n) is 13.1. The normalized spacial score (nSPS) is 25.3. The maximum absolute atomic E-state index is 13.2. The molecule has 4 atom stereocenters. The van der Waals surface area contributed by atoms with Gasteiger partial charge in [-0.3, -0.25) is 9.52 Å². The second-order valence-corrected chi connectivity index (χ2v) is 12.3. The highest BCUT2D eigenvalue weighted by Crippen LogP contribution is 2.52. The second kappa shape index (κ2) is 11.8. The fraction of sp³-hybridized carbons (Fsp3) is 0.556. The Morgan fingerprint density at radius 2 is 1.95 bits per heavy atom. The Bertz CT molecular complexity index is 1180. The van der Waals surface area contributed by atoms with Crippen molar-refractivity contribution in [3.63, 3.8) is 0 Å². The number of nitrogens with one attached hydrogen (secondary N) is 4. The zero-order chi connectivity index (χ0) is 26.5. The molecule has 1 saturated carbocycles. The Hall–Kier alpha value is -2.69. The molecule has 1 aliphatic heterocycles. The smallest absolute Gasteiger partial charge is 0.251 e. The van der Waals surface area contributed by atoms with Crippen LogP contribution in [0.5, 0.6) is 0 Å². The van der Waals surface area contributed by atoms with Crippen LogP contribution in [0.1, 0.15) is 54.9 Å². The third kappa shape index (κ3) is 7.00. The number of ether oxygens (including phenoxy) is 1. The van der Waals surface area contributed by atoms with E-state index >= 15 is 0 Å². The summed E-state index contributed by atoms with van der Waals surface area (Å²) in [7, 11) is -1.86. The molecule has 1 aromatic carbocycles. The lowest BCUT2D eigenvalue weighted by molar-refractivity contribution is 0.0946. The van der Waals surface area contributed by atoms with Crippen molar-refractivity contribution < 1.29 is 17.9 Å². The molecule has 1 aromatic heterocycles. The quantitative estimate of drug-likeness (QED) is 0.333. The number of hydrogen-bond acceptors (Lipinski definition) is 7. The van der Waals surface area contributed by atoms with Gasteiger partial charge in [-0.25, -0.2) is 13.4 Å². The lowest BCUT2D eigenvalue weighted by atomic mass is 9.84. The highest BCUT2D eigenvalue weighted by Gasteiger charge is 2.50. The van der Waals surface area contributed by atoms with Gasteiger partial charge in [-0.2, -0.15) is 0 Å². The number of nitrogens with zero attached hydrogens (tertiary/aromatic N) is 1. The van der Waals surface area contributed by atoms with Crippen LogP contribution in [0.25, 0.3) is 0 Å². The van der Waals surface area contributed by atoms with E-state index in [-0.39, 0.29) is 28.9 Å². The van der Waals surface area contributed by atoms with Gasteiger partial charge >= 0.3 is 0 Å². The van der Waals surface area contributed by atoms with Crippen LogP contribution in [0, 0.1) is 11.3 Å². The van der Waals surface area contributed by atoms with E-state index in [0.29, 0.717) is 42.9 Å². The van der Waals surface area contributed by atoms with E-state index in [4.69, 9.17) is 4.74 Å². The molecule has 0 radical (unpaired) electrons. The SMILES string of the molecule is CCS(=O)(=O)Nc1cc(C(=O)NCC2NCCCC2c2ccccc2)cc(NC[C@]2(COC)C[C@@H]2C)n1. The second-order valence-electron chi connectivity index (χ2n) is 10.3. The van der Waals surface area contributed by atoms with Crippen molar-refractivity contribution >= 4 is 27.6 Å². The van der Waals surface area contributed by atoms with Crippen molar-refractivity contribution in [2.75, 3.05) is 49.1 Å². The summed E-state index contributed by atoms with van der Waals surface area (Å²) in [6.45, 7) is 6.38. The number of carbonyl (C=O) groups is 1. The zero-order valence-electron chi connectivity index (χ0n) is 21.9. The van der Waals surface area contributed by atoms with Crippen LogP contribution in [-0.2, 0) is 14.8 Å². The van der Waals surface area contributed by atoms with Crippen LogP contribution >= 0.6 is 0 Å². The summed E-state index contributed by atoms with van der Waals surface area (Å²) in [6, 6.07) is 13.6. The number of hydrogen-bond donors (Lipinski definition) is 4. The number of benzene rings is 1. The van der Waals surface area contributed by atoms with Crippen molar-refractivity contribution in [3.8, 4) is 0 Å². The molecule has 1 aliphatic carbocycles. The Balaban J connectivity index is 1.49. The summed E-state index contributed by atoms with van der Waals surface area (Å²) in [5, 5.41) is 9.93. The molecule has 1 saturated heterocycles. The van der Waals surface area contributed by atoms with Gasteiger partial charge in [0.1, 0.15) is 11.6 Å².